The molecule has 0 bridgehead atoms. The normalized spacial score (nSPS) is 24.3. The van der Waals surface area contributed by atoms with Crippen molar-refractivity contribution in [2.75, 3.05) is 26.2 Å². The van der Waals surface area contributed by atoms with Crippen molar-refractivity contribution in [3.63, 3.8) is 0 Å². The predicted molar refractivity (Wildman–Crippen MR) is 95.6 cm³/mol. The van der Waals surface area contributed by atoms with E-state index >= 15 is 0 Å². The lowest BCUT2D eigenvalue weighted by atomic mass is 10.2. The van der Waals surface area contributed by atoms with Crippen LogP contribution in [0.5, 0.6) is 0 Å². The molecule has 0 radical (unpaired) electrons. The second-order valence-corrected chi connectivity index (χ2v) is 9.83. The maximum Gasteiger partial charge on any atom is 0.217 e. The molecular formula is C17H29N5O2S. The van der Waals surface area contributed by atoms with Crippen molar-refractivity contribution >= 4 is 10.0 Å². The number of sulfonamides is 1. The van der Waals surface area contributed by atoms with Gasteiger partial charge in [-0.3, -0.25) is 4.90 Å². The number of nitrogens with zero attached hydrogens (tertiary/aromatic N) is 5. The van der Waals surface area contributed by atoms with Gasteiger partial charge in [-0.05, 0) is 25.7 Å². The average Bonchev–Trinajstić information content (AvgIpc) is 3.22. The number of fused-ring (bicyclic) bond motifs is 1. The first-order valence-electron chi connectivity index (χ1n) is 9.77. The second kappa shape index (κ2) is 7.32. The molecule has 0 aromatic carbocycles. The monoisotopic (exact) mass is 367 g/mol. The lowest BCUT2D eigenvalue weighted by Crippen LogP contribution is -2.50. The molecule has 0 N–H and O–H groups in total. The Morgan fingerprint density at radius 2 is 1.64 bits per heavy atom. The lowest BCUT2D eigenvalue weighted by Gasteiger charge is -2.35. The third-order valence-electron chi connectivity index (χ3n) is 5.97. The maximum absolute atomic E-state index is 12.7. The molecule has 0 amide bonds. The molecule has 3 heterocycles. The van der Waals surface area contributed by atoms with Gasteiger partial charge in [-0.25, -0.2) is 8.42 Å². The molecular weight excluding hydrogens is 338 g/mol. The summed E-state index contributed by atoms with van der Waals surface area (Å²) in [7, 11) is -3.09. The van der Waals surface area contributed by atoms with E-state index in [-0.39, 0.29) is 5.25 Å². The molecule has 0 atom stereocenters. The molecule has 2 aliphatic heterocycles. The highest BCUT2D eigenvalue weighted by Gasteiger charge is 2.35. The Kier molecular flexibility index (Phi) is 5.11. The second-order valence-electron chi connectivity index (χ2n) is 7.62. The van der Waals surface area contributed by atoms with Crippen LogP contribution in [0.2, 0.25) is 0 Å². The fourth-order valence-corrected chi connectivity index (χ4v) is 6.42. The Labute approximate surface area is 150 Å². The highest BCUT2D eigenvalue weighted by atomic mass is 32.2. The minimum absolute atomic E-state index is 0.133. The van der Waals surface area contributed by atoms with Crippen LogP contribution in [0.25, 0.3) is 0 Å². The minimum atomic E-state index is -3.09. The first kappa shape index (κ1) is 17.4. The Morgan fingerprint density at radius 1 is 0.880 bits per heavy atom. The molecule has 1 aromatic heterocycles. The predicted octanol–water partition coefficient (Wildman–Crippen LogP) is 1.39. The summed E-state index contributed by atoms with van der Waals surface area (Å²) in [4.78, 5) is 2.32. The molecule has 0 spiro atoms. The standard InChI is InChI=1S/C17H29N5O2S/c23-25(24,15-6-3-4-7-15)21-12-10-20(11-13-21)14-17-19-18-16-8-2-1-5-9-22(16)17/h15H,1-14H2. The zero-order valence-electron chi connectivity index (χ0n) is 14.9. The van der Waals surface area contributed by atoms with Gasteiger partial charge in [-0.1, -0.05) is 19.3 Å². The summed E-state index contributed by atoms with van der Waals surface area (Å²) in [6, 6.07) is 0. The van der Waals surface area contributed by atoms with Gasteiger partial charge in [0.25, 0.3) is 0 Å². The quantitative estimate of drug-likeness (QED) is 0.804. The Hall–Kier alpha value is -0.990. The van der Waals surface area contributed by atoms with Crippen LogP contribution in [0.1, 0.15) is 56.6 Å². The van der Waals surface area contributed by atoms with Gasteiger partial charge in [0.15, 0.2) is 0 Å². The molecule has 140 valence electrons. The summed E-state index contributed by atoms with van der Waals surface area (Å²) < 4.78 is 29.5. The van der Waals surface area contributed by atoms with Crippen molar-refractivity contribution in [1.29, 1.82) is 0 Å². The van der Waals surface area contributed by atoms with Gasteiger partial charge in [-0.15, -0.1) is 10.2 Å². The van der Waals surface area contributed by atoms with Crippen molar-refractivity contribution in [3.8, 4) is 0 Å². The molecule has 1 saturated carbocycles. The Bertz CT molecular complexity index is 688. The zero-order valence-corrected chi connectivity index (χ0v) is 15.8. The van der Waals surface area contributed by atoms with E-state index in [4.69, 9.17) is 0 Å². The van der Waals surface area contributed by atoms with E-state index in [9.17, 15) is 8.42 Å². The topological polar surface area (TPSA) is 71.3 Å². The van der Waals surface area contributed by atoms with E-state index in [0.29, 0.717) is 13.1 Å². The van der Waals surface area contributed by atoms with Crippen LogP contribution in [-0.4, -0.2) is 63.8 Å². The molecule has 3 aliphatic rings. The number of piperazine rings is 1. The van der Waals surface area contributed by atoms with Gasteiger partial charge in [0, 0.05) is 39.1 Å². The number of rotatable bonds is 4. The molecule has 1 aromatic rings. The average molecular weight is 368 g/mol. The number of aryl methyl sites for hydroxylation is 1. The van der Waals surface area contributed by atoms with E-state index in [1.807, 2.05) is 0 Å². The Morgan fingerprint density at radius 3 is 2.40 bits per heavy atom. The van der Waals surface area contributed by atoms with E-state index in [2.05, 4.69) is 19.7 Å². The summed E-state index contributed by atoms with van der Waals surface area (Å²) in [6.45, 7) is 4.60. The largest absolute Gasteiger partial charge is 0.314 e. The highest BCUT2D eigenvalue weighted by molar-refractivity contribution is 7.89. The van der Waals surface area contributed by atoms with E-state index in [1.54, 1.807) is 4.31 Å². The van der Waals surface area contributed by atoms with Crippen LogP contribution in [0, 0.1) is 0 Å². The molecule has 4 rings (SSSR count). The fourth-order valence-electron chi connectivity index (χ4n) is 4.40. The third-order valence-corrected chi connectivity index (χ3v) is 8.36. The molecule has 1 saturated heterocycles. The van der Waals surface area contributed by atoms with Crippen LogP contribution >= 0.6 is 0 Å². The molecule has 2 fully saturated rings. The molecule has 8 heteroatoms. The number of aromatic nitrogens is 3. The minimum Gasteiger partial charge on any atom is -0.314 e. The van der Waals surface area contributed by atoms with Gasteiger partial charge in [0.05, 0.1) is 11.8 Å². The Balaban J connectivity index is 1.36. The van der Waals surface area contributed by atoms with Crippen LogP contribution in [0.3, 0.4) is 0 Å². The van der Waals surface area contributed by atoms with Crippen molar-refractivity contribution in [2.45, 2.75) is 69.7 Å². The summed E-state index contributed by atoms with van der Waals surface area (Å²) in [5, 5.41) is 8.64. The van der Waals surface area contributed by atoms with Gasteiger partial charge in [0.2, 0.25) is 10.0 Å². The molecule has 7 nitrogen and oxygen atoms in total. The van der Waals surface area contributed by atoms with Crippen LogP contribution in [0.15, 0.2) is 0 Å². The van der Waals surface area contributed by atoms with Gasteiger partial charge >= 0.3 is 0 Å². The summed E-state index contributed by atoms with van der Waals surface area (Å²) in [5.41, 5.74) is 0. The third kappa shape index (κ3) is 3.61. The van der Waals surface area contributed by atoms with E-state index < -0.39 is 10.0 Å². The number of hydrogen-bond donors (Lipinski definition) is 0. The van der Waals surface area contributed by atoms with Gasteiger partial charge in [0.1, 0.15) is 11.6 Å². The summed E-state index contributed by atoms with van der Waals surface area (Å²) >= 11 is 0. The van der Waals surface area contributed by atoms with Crippen molar-refractivity contribution < 1.29 is 8.42 Å². The van der Waals surface area contributed by atoms with Crippen LogP contribution in [0.4, 0.5) is 0 Å². The van der Waals surface area contributed by atoms with Crippen molar-refractivity contribution in [2.24, 2.45) is 0 Å². The number of hydrogen-bond acceptors (Lipinski definition) is 5. The van der Waals surface area contributed by atoms with Crippen molar-refractivity contribution in [3.05, 3.63) is 11.6 Å². The van der Waals surface area contributed by atoms with E-state index in [0.717, 1.165) is 69.9 Å². The SMILES string of the molecule is O=S(=O)(C1CCCC1)N1CCN(Cc2nnc3n2CCCCC3)CC1. The fraction of sp³-hybridized carbons (Fsp3) is 0.882. The zero-order chi connectivity index (χ0) is 17.3. The van der Waals surface area contributed by atoms with Gasteiger partial charge in [-0.2, -0.15) is 4.31 Å². The van der Waals surface area contributed by atoms with Crippen LogP contribution in [-0.2, 0) is 29.5 Å². The van der Waals surface area contributed by atoms with E-state index in [1.165, 1.54) is 19.3 Å². The first-order chi connectivity index (χ1) is 12.1. The summed E-state index contributed by atoms with van der Waals surface area (Å²) in [6.07, 6.45) is 8.49. The van der Waals surface area contributed by atoms with Crippen LogP contribution < -0.4 is 0 Å². The highest BCUT2D eigenvalue weighted by Crippen LogP contribution is 2.27. The molecule has 0 unspecified atom stereocenters. The molecule has 1 aliphatic carbocycles. The molecule has 25 heavy (non-hydrogen) atoms. The smallest absolute Gasteiger partial charge is 0.217 e. The lowest BCUT2D eigenvalue weighted by molar-refractivity contribution is 0.175. The maximum atomic E-state index is 12.7. The summed E-state index contributed by atoms with van der Waals surface area (Å²) in [5.74, 6) is 2.17. The van der Waals surface area contributed by atoms with Gasteiger partial charge < -0.3 is 4.57 Å². The first-order valence-corrected chi connectivity index (χ1v) is 11.3. The van der Waals surface area contributed by atoms with Crippen molar-refractivity contribution in [1.82, 2.24) is 24.0 Å².